The van der Waals surface area contributed by atoms with Crippen LogP contribution in [0.3, 0.4) is 0 Å². The van der Waals surface area contributed by atoms with Crippen molar-refractivity contribution in [3.63, 3.8) is 0 Å². The average Bonchev–Trinajstić information content (AvgIpc) is 2.46. The molecule has 0 aliphatic heterocycles. The maximum Gasteiger partial charge on any atom is 0.340 e. The van der Waals surface area contributed by atoms with E-state index in [1.165, 1.54) is 18.2 Å². The minimum atomic E-state index is -1.42. The van der Waals surface area contributed by atoms with E-state index in [0.29, 0.717) is 11.1 Å². The number of carbonyl (C=O) groups excluding carboxylic acids is 1. The molecule has 0 aliphatic carbocycles. The third kappa shape index (κ3) is 2.89. The van der Waals surface area contributed by atoms with Gasteiger partial charge in [0.1, 0.15) is 11.6 Å². The van der Waals surface area contributed by atoms with Gasteiger partial charge in [0, 0.05) is 0 Å². The van der Waals surface area contributed by atoms with E-state index in [-0.39, 0.29) is 5.56 Å². The van der Waals surface area contributed by atoms with Gasteiger partial charge in [-0.15, -0.1) is 0 Å². The summed E-state index contributed by atoms with van der Waals surface area (Å²) < 4.78 is 31.6. The fourth-order valence-corrected chi connectivity index (χ4v) is 1.84. The summed E-state index contributed by atoms with van der Waals surface area (Å²) in [7, 11) is 1.13. The Morgan fingerprint density at radius 1 is 0.952 bits per heavy atom. The molecule has 0 unspecified atom stereocenters. The lowest BCUT2D eigenvalue weighted by molar-refractivity contribution is 0.0594. The van der Waals surface area contributed by atoms with Crippen molar-refractivity contribution in [2.75, 3.05) is 7.11 Å². The summed E-state index contributed by atoms with van der Waals surface area (Å²) >= 11 is 0. The van der Waals surface area contributed by atoms with Crippen LogP contribution in [0.25, 0.3) is 11.1 Å². The van der Waals surface area contributed by atoms with E-state index >= 15 is 0 Å². The monoisotopic (exact) mass is 292 g/mol. The number of carboxylic acids is 1. The molecule has 0 atom stereocenters. The highest BCUT2D eigenvalue weighted by molar-refractivity contribution is 5.91. The Morgan fingerprint density at radius 2 is 1.57 bits per heavy atom. The van der Waals surface area contributed by atoms with Crippen molar-refractivity contribution in [1.29, 1.82) is 0 Å². The number of methoxy groups -OCH3 is 1. The normalized spacial score (nSPS) is 10.2. The molecule has 0 aliphatic rings. The van der Waals surface area contributed by atoms with Crippen LogP contribution in [0.4, 0.5) is 8.78 Å². The largest absolute Gasteiger partial charge is 0.478 e. The molecule has 0 spiro atoms. The number of aromatic carboxylic acids is 1. The molecule has 2 aromatic rings. The number of hydrogen-bond acceptors (Lipinski definition) is 3. The average molecular weight is 292 g/mol. The Hall–Kier alpha value is -2.76. The molecule has 6 heteroatoms. The van der Waals surface area contributed by atoms with E-state index in [1.807, 2.05) is 0 Å². The Bertz CT molecular complexity index is 726. The lowest BCUT2D eigenvalue weighted by atomic mass is 10.0. The molecular formula is C15H10F2O4. The zero-order chi connectivity index (χ0) is 15.6. The SMILES string of the molecule is COC(=O)c1ccc(-c2ccc(F)c(C(=O)O)c2)cc1F. The fraction of sp³-hybridized carbons (Fsp3) is 0.0667. The standard InChI is InChI=1S/C15H10F2O4/c1-21-15(20)10-4-2-9(7-13(10)17)8-3-5-12(16)11(6-8)14(18)19/h2-7H,1H3,(H,18,19). The van der Waals surface area contributed by atoms with Gasteiger partial charge in [0.25, 0.3) is 0 Å². The number of benzene rings is 2. The molecular weight excluding hydrogens is 282 g/mol. The highest BCUT2D eigenvalue weighted by atomic mass is 19.1. The second-order valence-corrected chi connectivity index (χ2v) is 4.19. The second-order valence-electron chi connectivity index (χ2n) is 4.19. The number of ether oxygens (including phenoxy) is 1. The molecule has 0 aromatic heterocycles. The Balaban J connectivity index is 2.48. The number of carbonyl (C=O) groups is 2. The van der Waals surface area contributed by atoms with Gasteiger partial charge in [-0.05, 0) is 35.4 Å². The van der Waals surface area contributed by atoms with Crippen molar-refractivity contribution in [1.82, 2.24) is 0 Å². The van der Waals surface area contributed by atoms with Crippen LogP contribution in [0, 0.1) is 11.6 Å². The topological polar surface area (TPSA) is 63.6 Å². The highest BCUT2D eigenvalue weighted by Crippen LogP contribution is 2.24. The first-order valence-corrected chi connectivity index (χ1v) is 5.85. The number of hydrogen-bond donors (Lipinski definition) is 1. The quantitative estimate of drug-likeness (QED) is 0.883. The molecule has 108 valence electrons. The lowest BCUT2D eigenvalue weighted by Gasteiger charge is -2.07. The van der Waals surface area contributed by atoms with Gasteiger partial charge in [0.2, 0.25) is 0 Å². The van der Waals surface area contributed by atoms with Crippen molar-refractivity contribution in [2.24, 2.45) is 0 Å². The van der Waals surface area contributed by atoms with Gasteiger partial charge in [0.15, 0.2) is 0 Å². The van der Waals surface area contributed by atoms with Crippen LogP contribution in [0.15, 0.2) is 36.4 Å². The van der Waals surface area contributed by atoms with E-state index in [1.54, 1.807) is 0 Å². The molecule has 21 heavy (non-hydrogen) atoms. The Morgan fingerprint density at radius 3 is 2.14 bits per heavy atom. The van der Waals surface area contributed by atoms with Gasteiger partial charge >= 0.3 is 11.9 Å². The minimum Gasteiger partial charge on any atom is -0.478 e. The predicted molar refractivity (Wildman–Crippen MR) is 70.1 cm³/mol. The zero-order valence-electron chi connectivity index (χ0n) is 10.9. The summed E-state index contributed by atoms with van der Waals surface area (Å²) in [4.78, 5) is 22.2. The zero-order valence-corrected chi connectivity index (χ0v) is 10.9. The van der Waals surface area contributed by atoms with E-state index in [0.717, 1.165) is 25.3 Å². The number of esters is 1. The molecule has 0 bridgehead atoms. The van der Waals surface area contributed by atoms with Gasteiger partial charge in [-0.1, -0.05) is 12.1 Å². The van der Waals surface area contributed by atoms with Crippen LogP contribution >= 0.6 is 0 Å². The van der Waals surface area contributed by atoms with Gasteiger partial charge in [-0.25, -0.2) is 18.4 Å². The maximum atomic E-state index is 13.8. The smallest absolute Gasteiger partial charge is 0.340 e. The summed E-state index contributed by atoms with van der Waals surface area (Å²) in [6.45, 7) is 0. The molecule has 0 saturated heterocycles. The Labute approximate surface area is 118 Å². The lowest BCUT2D eigenvalue weighted by Crippen LogP contribution is -2.04. The number of rotatable bonds is 3. The summed E-state index contributed by atoms with van der Waals surface area (Å²) in [5.74, 6) is -3.91. The molecule has 0 heterocycles. The van der Waals surface area contributed by atoms with Crippen LogP contribution < -0.4 is 0 Å². The predicted octanol–water partition coefficient (Wildman–Crippen LogP) is 3.12. The van der Waals surface area contributed by atoms with Crippen LogP contribution in [-0.2, 0) is 4.74 Å². The molecule has 0 radical (unpaired) electrons. The maximum absolute atomic E-state index is 13.8. The van der Waals surface area contributed by atoms with Gasteiger partial charge in [-0.2, -0.15) is 0 Å². The molecule has 2 rings (SSSR count). The van der Waals surface area contributed by atoms with Crippen LogP contribution in [0.1, 0.15) is 20.7 Å². The van der Waals surface area contributed by atoms with E-state index in [2.05, 4.69) is 4.74 Å². The summed E-state index contributed by atoms with van der Waals surface area (Å²) in [6.07, 6.45) is 0. The molecule has 2 aromatic carbocycles. The number of carboxylic acid groups (broad SMARTS) is 1. The molecule has 4 nitrogen and oxygen atoms in total. The first-order valence-electron chi connectivity index (χ1n) is 5.85. The highest BCUT2D eigenvalue weighted by Gasteiger charge is 2.15. The second kappa shape index (κ2) is 5.70. The van der Waals surface area contributed by atoms with Crippen LogP contribution in [-0.4, -0.2) is 24.2 Å². The van der Waals surface area contributed by atoms with E-state index < -0.39 is 29.1 Å². The van der Waals surface area contributed by atoms with Crippen molar-refractivity contribution in [3.05, 3.63) is 59.2 Å². The van der Waals surface area contributed by atoms with Crippen molar-refractivity contribution >= 4 is 11.9 Å². The minimum absolute atomic E-state index is 0.234. The third-order valence-electron chi connectivity index (χ3n) is 2.90. The molecule has 0 saturated carbocycles. The van der Waals surface area contributed by atoms with Crippen molar-refractivity contribution < 1.29 is 28.2 Å². The van der Waals surface area contributed by atoms with E-state index in [4.69, 9.17) is 5.11 Å². The first kappa shape index (κ1) is 14.6. The first-order chi connectivity index (χ1) is 9.93. The summed E-state index contributed by atoms with van der Waals surface area (Å²) in [6, 6.07) is 7.13. The third-order valence-corrected chi connectivity index (χ3v) is 2.90. The van der Waals surface area contributed by atoms with Gasteiger partial charge < -0.3 is 9.84 Å². The van der Waals surface area contributed by atoms with Crippen LogP contribution in [0.5, 0.6) is 0 Å². The fourth-order valence-electron chi connectivity index (χ4n) is 1.84. The molecule has 1 N–H and O–H groups in total. The Kier molecular flexibility index (Phi) is 3.98. The van der Waals surface area contributed by atoms with Gasteiger partial charge in [-0.3, -0.25) is 0 Å². The van der Waals surface area contributed by atoms with Gasteiger partial charge in [0.05, 0.1) is 18.2 Å². The summed E-state index contributed by atoms with van der Waals surface area (Å²) in [5, 5.41) is 8.87. The summed E-state index contributed by atoms with van der Waals surface area (Å²) in [5.41, 5.74) is -0.0986. The molecule has 0 amide bonds. The number of halogens is 2. The van der Waals surface area contributed by atoms with Crippen molar-refractivity contribution in [2.45, 2.75) is 0 Å². The van der Waals surface area contributed by atoms with Crippen molar-refractivity contribution in [3.8, 4) is 11.1 Å². The van der Waals surface area contributed by atoms with Crippen LogP contribution in [0.2, 0.25) is 0 Å². The van der Waals surface area contributed by atoms with E-state index in [9.17, 15) is 18.4 Å². The molecule has 0 fully saturated rings.